The number of amides is 2. The van der Waals surface area contributed by atoms with E-state index >= 15 is 0 Å². The van der Waals surface area contributed by atoms with Crippen molar-refractivity contribution in [3.8, 4) is 22.3 Å². The molecule has 0 saturated carbocycles. The lowest BCUT2D eigenvalue weighted by molar-refractivity contribution is 0.0152. The van der Waals surface area contributed by atoms with Crippen molar-refractivity contribution in [2.45, 2.75) is 90.4 Å². The van der Waals surface area contributed by atoms with Crippen molar-refractivity contribution >= 4 is 12.2 Å². The van der Waals surface area contributed by atoms with Crippen LogP contribution in [0.5, 0.6) is 0 Å². The van der Waals surface area contributed by atoms with Gasteiger partial charge in [-0.05, 0) is 99.6 Å². The maximum Gasteiger partial charge on any atom is 0.410 e. The van der Waals surface area contributed by atoms with Crippen LogP contribution in [0.1, 0.15) is 84.3 Å². The van der Waals surface area contributed by atoms with Gasteiger partial charge in [0.05, 0.1) is 0 Å². The van der Waals surface area contributed by atoms with Crippen LogP contribution in [0.3, 0.4) is 0 Å². The second kappa shape index (κ2) is 16.8. The number of rotatable bonds is 4. The summed E-state index contributed by atoms with van der Waals surface area (Å²) in [7, 11) is 0. The third-order valence-corrected chi connectivity index (χ3v) is 9.71. The summed E-state index contributed by atoms with van der Waals surface area (Å²) in [6.07, 6.45) is 1.35. The Morgan fingerprint density at radius 1 is 0.577 bits per heavy atom. The van der Waals surface area contributed by atoms with Gasteiger partial charge >= 0.3 is 12.2 Å². The summed E-state index contributed by atoms with van der Waals surface area (Å²) >= 11 is 0. The lowest BCUT2D eigenvalue weighted by atomic mass is 9.81. The number of likely N-dealkylation sites (tertiary alicyclic amines) is 2. The first kappa shape index (κ1) is 38.6. The molecule has 276 valence electrons. The Hall–Kier alpha value is -4.62. The normalized spacial score (nSPS) is 20.7. The molecule has 2 N–H and O–H groups in total. The van der Waals surface area contributed by atoms with E-state index in [1.165, 1.54) is 33.4 Å². The lowest BCUT2D eigenvalue weighted by Gasteiger charge is -2.38. The Morgan fingerprint density at radius 3 is 1.40 bits per heavy atom. The Morgan fingerprint density at radius 2 is 0.981 bits per heavy atom. The Bertz CT molecular complexity index is 1630. The standard InChI is InChI=1S/C23H29NO2.C22H28N2O2/c1-17-16-24(22(25)26-23(2,3)4)14-13-21(17)20-12-8-11-19(15-20)18-9-6-5-7-10-18;1-22(2,3)26-21(25)24-13-12-19(20(23)15-24)18-11-7-10-17(14-18)16-8-5-4-6-9-16/h5-12,15,17,21H,13-14,16H2,1-4H3;4-11,14,19-20H,12-13,15,23H2,1-3H3/t17-,21-;19-,20+/m01/s1. The third kappa shape index (κ3) is 10.7. The first-order valence-electron chi connectivity index (χ1n) is 18.7. The SMILES string of the molecule is CC(C)(C)OC(=O)N1CC[C@H](c2cccc(-c3ccccc3)c2)[C@@H](N)C1.C[C@H]1CN(C(=O)OC(C)(C)C)CC[C@@H]1c1cccc(-c2ccccc2)c1. The summed E-state index contributed by atoms with van der Waals surface area (Å²) < 4.78 is 11.0. The molecule has 2 saturated heterocycles. The van der Waals surface area contributed by atoms with E-state index in [1.807, 2.05) is 70.7 Å². The number of carbonyl (C=O) groups is 2. The molecule has 0 aliphatic carbocycles. The minimum Gasteiger partial charge on any atom is -0.444 e. The Labute approximate surface area is 311 Å². The highest BCUT2D eigenvalue weighted by Gasteiger charge is 2.33. The van der Waals surface area contributed by atoms with Crippen LogP contribution in [0.15, 0.2) is 109 Å². The van der Waals surface area contributed by atoms with Crippen LogP contribution in [0.4, 0.5) is 9.59 Å². The van der Waals surface area contributed by atoms with Gasteiger partial charge in [-0.3, -0.25) is 0 Å². The molecule has 4 atom stereocenters. The van der Waals surface area contributed by atoms with E-state index in [-0.39, 0.29) is 24.1 Å². The molecule has 0 spiro atoms. The van der Waals surface area contributed by atoms with E-state index in [2.05, 4.69) is 91.9 Å². The summed E-state index contributed by atoms with van der Waals surface area (Å²) in [5.74, 6) is 1.12. The van der Waals surface area contributed by atoms with Crippen molar-refractivity contribution in [1.82, 2.24) is 9.80 Å². The number of carbonyl (C=O) groups excluding carboxylic acids is 2. The van der Waals surface area contributed by atoms with E-state index < -0.39 is 11.2 Å². The first-order valence-corrected chi connectivity index (χ1v) is 18.7. The van der Waals surface area contributed by atoms with Gasteiger partial charge in [0.25, 0.3) is 0 Å². The fourth-order valence-corrected chi connectivity index (χ4v) is 7.18. The fraction of sp³-hybridized carbons (Fsp3) is 0.422. The molecule has 6 rings (SSSR count). The van der Waals surface area contributed by atoms with Gasteiger partial charge in [0.15, 0.2) is 0 Å². The summed E-state index contributed by atoms with van der Waals surface area (Å²) in [6, 6.07) is 38.2. The monoisotopic (exact) mass is 703 g/mol. The van der Waals surface area contributed by atoms with Crippen molar-refractivity contribution in [1.29, 1.82) is 0 Å². The molecule has 2 aliphatic heterocycles. The number of benzene rings is 4. The zero-order valence-electron chi connectivity index (χ0n) is 32.0. The van der Waals surface area contributed by atoms with Crippen molar-refractivity contribution < 1.29 is 19.1 Å². The number of nitrogens with two attached hydrogens (primary N) is 1. The first-order chi connectivity index (χ1) is 24.7. The molecule has 4 aromatic rings. The molecule has 2 fully saturated rings. The minimum atomic E-state index is -0.484. The molecule has 0 aromatic heterocycles. The molecular formula is C45H57N3O4. The van der Waals surface area contributed by atoms with Gasteiger partial charge < -0.3 is 25.0 Å². The summed E-state index contributed by atoms with van der Waals surface area (Å²) in [5.41, 5.74) is 13.0. The molecule has 7 nitrogen and oxygen atoms in total. The van der Waals surface area contributed by atoms with Crippen molar-refractivity contribution in [2.75, 3.05) is 26.2 Å². The Balaban J connectivity index is 0.000000201. The average Bonchev–Trinajstić information content (AvgIpc) is 3.11. The van der Waals surface area contributed by atoms with Crippen LogP contribution in [-0.2, 0) is 9.47 Å². The maximum absolute atomic E-state index is 12.3. The van der Waals surface area contributed by atoms with E-state index in [9.17, 15) is 9.59 Å². The summed E-state index contributed by atoms with van der Waals surface area (Å²) in [6.45, 7) is 16.3. The van der Waals surface area contributed by atoms with E-state index in [0.29, 0.717) is 24.9 Å². The number of hydrogen-bond acceptors (Lipinski definition) is 5. The van der Waals surface area contributed by atoms with Crippen LogP contribution in [-0.4, -0.2) is 65.4 Å². The number of hydrogen-bond donors (Lipinski definition) is 1. The van der Waals surface area contributed by atoms with E-state index in [1.54, 1.807) is 4.90 Å². The van der Waals surface area contributed by atoms with Gasteiger partial charge in [0.2, 0.25) is 0 Å². The molecule has 0 unspecified atom stereocenters. The predicted octanol–water partition coefficient (Wildman–Crippen LogP) is 10.1. The summed E-state index contributed by atoms with van der Waals surface area (Å²) in [5, 5.41) is 0. The lowest BCUT2D eigenvalue weighted by Crippen LogP contribution is -2.50. The highest BCUT2D eigenvalue weighted by atomic mass is 16.6. The molecule has 2 heterocycles. The fourth-order valence-electron chi connectivity index (χ4n) is 7.18. The maximum atomic E-state index is 12.3. The minimum absolute atomic E-state index is 0.0951. The van der Waals surface area contributed by atoms with Crippen molar-refractivity contribution in [3.05, 3.63) is 120 Å². The number of piperidine rings is 2. The quantitative estimate of drug-likeness (QED) is 0.229. The molecular weight excluding hydrogens is 647 g/mol. The largest absolute Gasteiger partial charge is 0.444 e. The van der Waals surface area contributed by atoms with Crippen LogP contribution in [0.2, 0.25) is 0 Å². The zero-order chi connectivity index (χ0) is 37.5. The van der Waals surface area contributed by atoms with Crippen LogP contribution in [0.25, 0.3) is 22.3 Å². The predicted molar refractivity (Wildman–Crippen MR) is 211 cm³/mol. The van der Waals surface area contributed by atoms with E-state index in [4.69, 9.17) is 15.2 Å². The topological polar surface area (TPSA) is 85.1 Å². The highest BCUT2D eigenvalue weighted by Crippen LogP contribution is 2.35. The van der Waals surface area contributed by atoms with E-state index in [0.717, 1.165) is 25.9 Å². The molecule has 2 amide bonds. The van der Waals surface area contributed by atoms with Gasteiger partial charge in [-0.2, -0.15) is 0 Å². The summed E-state index contributed by atoms with van der Waals surface area (Å²) in [4.78, 5) is 28.2. The van der Waals surface area contributed by atoms with Crippen molar-refractivity contribution in [2.24, 2.45) is 11.7 Å². The van der Waals surface area contributed by atoms with Crippen LogP contribution in [0, 0.1) is 5.92 Å². The number of nitrogens with zero attached hydrogens (tertiary/aromatic N) is 2. The van der Waals surface area contributed by atoms with Gasteiger partial charge in [-0.15, -0.1) is 0 Å². The van der Waals surface area contributed by atoms with Gasteiger partial charge in [0, 0.05) is 38.1 Å². The second-order valence-corrected chi connectivity index (χ2v) is 16.3. The zero-order valence-corrected chi connectivity index (χ0v) is 32.0. The Kier molecular flexibility index (Phi) is 12.5. The van der Waals surface area contributed by atoms with Gasteiger partial charge in [-0.1, -0.05) is 116 Å². The molecule has 0 bridgehead atoms. The molecule has 2 aliphatic rings. The van der Waals surface area contributed by atoms with Crippen molar-refractivity contribution in [3.63, 3.8) is 0 Å². The number of ether oxygens (including phenoxy) is 2. The van der Waals surface area contributed by atoms with Gasteiger partial charge in [-0.25, -0.2) is 9.59 Å². The average molecular weight is 704 g/mol. The molecule has 4 aromatic carbocycles. The molecule has 7 heteroatoms. The second-order valence-electron chi connectivity index (χ2n) is 16.3. The smallest absolute Gasteiger partial charge is 0.410 e. The third-order valence-electron chi connectivity index (χ3n) is 9.71. The highest BCUT2D eigenvalue weighted by molar-refractivity contribution is 5.69. The molecule has 52 heavy (non-hydrogen) atoms. The molecule has 0 radical (unpaired) electrons. The van der Waals surface area contributed by atoms with Crippen LogP contribution < -0.4 is 5.73 Å². The van der Waals surface area contributed by atoms with Crippen LogP contribution >= 0.6 is 0 Å². The van der Waals surface area contributed by atoms with Gasteiger partial charge in [0.1, 0.15) is 11.2 Å².